The van der Waals surface area contributed by atoms with Crippen LogP contribution in [0.25, 0.3) is 11.2 Å². The molecule has 0 amide bonds. The van der Waals surface area contributed by atoms with Crippen LogP contribution in [0.4, 0.5) is 5.95 Å². The zero-order chi connectivity index (χ0) is 24.8. The number of aromatic nitrogens is 4. The van der Waals surface area contributed by atoms with Crippen molar-refractivity contribution in [2.75, 3.05) is 45.2 Å². The number of anilines is 1. The summed E-state index contributed by atoms with van der Waals surface area (Å²) in [5, 5.41) is 14.0. The zero-order valence-electron chi connectivity index (χ0n) is 20.4. The van der Waals surface area contributed by atoms with Gasteiger partial charge >= 0.3 is 5.69 Å². The van der Waals surface area contributed by atoms with E-state index in [1.165, 1.54) is 11.6 Å². The molecule has 0 saturated carbocycles. The summed E-state index contributed by atoms with van der Waals surface area (Å²) >= 11 is 0. The molecule has 34 heavy (non-hydrogen) atoms. The highest BCUT2D eigenvalue weighted by Gasteiger charge is 2.21. The highest BCUT2D eigenvalue weighted by atomic mass is 16.5. The zero-order valence-corrected chi connectivity index (χ0v) is 20.4. The normalized spacial score (nSPS) is 12.3. The van der Waals surface area contributed by atoms with Gasteiger partial charge < -0.3 is 29.4 Å². The highest BCUT2D eigenvalue weighted by Crippen LogP contribution is 2.19. The van der Waals surface area contributed by atoms with Gasteiger partial charge in [0.15, 0.2) is 11.2 Å². The van der Waals surface area contributed by atoms with Crippen LogP contribution in [0.15, 0.2) is 33.9 Å². The van der Waals surface area contributed by atoms with Gasteiger partial charge in [-0.3, -0.25) is 13.9 Å². The Morgan fingerprint density at radius 3 is 2.35 bits per heavy atom. The Labute approximate surface area is 198 Å². The number of benzene rings is 1. The fraction of sp³-hybridized carbons (Fsp3) is 0.522. The molecular formula is C23H34N6O5. The number of nitrogens with one attached hydrogen (secondary N) is 1. The summed E-state index contributed by atoms with van der Waals surface area (Å²) in [4.78, 5) is 32.2. The molecule has 11 nitrogen and oxygen atoms in total. The largest absolute Gasteiger partial charge is 0.497 e. The first-order valence-electron chi connectivity index (χ1n) is 11.4. The third-order valence-electron chi connectivity index (χ3n) is 5.85. The van der Waals surface area contributed by atoms with Gasteiger partial charge in [-0.1, -0.05) is 13.8 Å². The van der Waals surface area contributed by atoms with Crippen molar-refractivity contribution in [1.82, 2.24) is 23.6 Å². The Balaban J connectivity index is 1.86. The SMILES string of the molecule is CCN(CC)CCNc1nc2c(c(=O)n(C)c(=O)n2C)n1C[C@@H](O)COc1ccc(OC)cc1. The average molecular weight is 475 g/mol. The van der Waals surface area contributed by atoms with E-state index in [0.29, 0.717) is 24.0 Å². The van der Waals surface area contributed by atoms with Crippen molar-refractivity contribution in [3.05, 3.63) is 45.1 Å². The molecule has 0 bridgehead atoms. The minimum atomic E-state index is -0.926. The third-order valence-corrected chi connectivity index (χ3v) is 5.85. The number of likely N-dealkylation sites (N-methyl/N-ethyl adjacent to an activating group) is 1. The van der Waals surface area contributed by atoms with Crippen LogP contribution in [0, 0.1) is 0 Å². The second-order valence-electron chi connectivity index (χ2n) is 8.02. The summed E-state index contributed by atoms with van der Waals surface area (Å²) < 4.78 is 14.8. The smallest absolute Gasteiger partial charge is 0.332 e. The molecule has 2 aromatic heterocycles. The van der Waals surface area contributed by atoms with E-state index in [0.717, 1.165) is 24.2 Å². The van der Waals surface area contributed by atoms with Crippen LogP contribution < -0.4 is 26.0 Å². The number of hydrogen-bond acceptors (Lipinski definition) is 8. The molecule has 0 radical (unpaired) electrons. The maximum atomic E-state index is 13.0. The number of aryl methyl sites for hydroxylation is 1. The van der Waals surface area contributed by atoms with Gasteiger partial charge in [-0.05, 0) is 37.4 Å². The van der Waals surface area contributed by atoms with Crippen molar-refractivity contribution in [2.45, 2.75) is 26.5 Å². The summed E-state index contributed by atoms with van der Waals surface area (Å²) in [6, 6.07) is 7.05. The number of aliphatic hydroxyl groups excluding tert-OH is 1. The van der Waals surface area contributed by atoms with Crippen molar-refractivity contribution in [1.29, 1.82) is 0 Å². The molecule has 0 saturated heterocycles. The van der Waals surface area contributed by atoms with E-state index < -0.39 is 17.4 Å². The number of rotatable bonds is 12. The first-order chi connectivity index (χ1) is 16.3. The molecule has 0 spiro atoms. The van der Waals surface area contributed by atoms with Crippen molar-refractivity contribution in [3.63, 3.8) is 0 Å². The molecule has 1 aromatic carbocycles. The predicted octanol–water partition coefficient (Wildman–Crippen LogP) is 0.636. The summed E-state index contributed by atoms with van der Waals surface area (Å²) in [6.07, 6.45) is -0.926. The van der Waals surface area contributed by atoms with E-state index in [9.17, 15) is 14.7 Å². The Hall–Kier alpha value is -3.31. The summed E-state index contributed by atoms with van der Waals surface area (Å²) in [5.41, 5.74) is -0.411. The molecule has 11 heteroatoms. The predicted molar refractivity (Wildman–Crippen MR) is 131 cm³/mol. The number of hydrogen-bond donors (Lipinski definition) is 2. The fourth-order valence-corrected chi connectivity index (χ4v) is 3.75. The maximum absolute atomic E-state index is 13.0. The van der Waals surface area contributed by atoms with Crippen molar-refractivity contribution in [2.24, 2.45) is 14.1 Å². The number of ether oxygens (including phenoxy) is 2. The molecular weight excluding hydrogens is 440 g/mol. The lowest BCUT2D eigenvalue weighted by atomic mass is 10.3. The van der Waals surface area contributed by atoms with Crippen LogP contribution in [0.2, 0.25) is 0 Å². The van der Waals surface area contributed by atoms with Crippen molar-refractivity contribution >= 4 is 17.1 Å². The van der Waals surface area contributed by atoms with Gasteiger partial charge in [0.25, 0.3) is 5.56 Å². The Morgan fingerprint density at radius 2 is 1.74 bits per heavy atom. The summed E-state index contributed by atoms with van der Waals surface area (Å²) in [6.45, 7) is 7.49. The van der Waals surface area contributed by atoms with Crippen LogP contribution in [-0.2, 0) is 20.6 Å². The van der Waals surface area contributed by atoms with E-state index in [-0.39, 0.29) is 24.3 Å². The number of methoxy groups -OCH3 is 1. The van der Waals surface area contributed by atoms with Crippen LogP contribution in [0.5, 0.6) is 11.5 Å². The quantitative estimate of drug-likeness (QED) is 0.393. The van der Waals surface area contributed by atoms with E-state index in [1.54, 1.807) is 43.0 Å². The molecule has 3 rings (SSSR count). The minimum Gasteiger partial charge on any atom is -0.497 e. The van der Waals surface area contributed by atoms with Gasteiger partial charge in [0.1, 0.15) is 24.2 Å². The monoisotopic (exact) mass is 474 g/mol. The van der Waals surface area contributed by atoms with Crippen LogP contribution in [-0.4, -0.2) is 74.7 Å². The molecule has 0 aliphatic heterocycles. The molecule has 3 aromatic rings. The standard InChI is InChI=1S/C23H34N6O5/c1-6-28(7-2)13-12-24-22-25-20-19(21(31)27(4)23(32)26(20)3)29(22)14-16(30)15-34-18-10-8-17(33-5)9-11-18/h8-11,16,30H,6-7,12-15H2,1-5H3,(H,24,25)/t16-/m1/s1. The van der Waals surface area contributed by atoms with Crippen molar-refractivity contribution < 1.29 is 14.6 Å². The van der Waals surface area contributed by atoms with Gasteiger partial charge in [0.05, 0.1) is 13.7 Å². The van der Waals surface area contributed by atoms with Crippen LogP contribution >= 0.6 is 0 Å². The molecule has 0 unspecified atom stereocenters. The summed E-state index contributed by atoms with van der Waals surface area (Å²) in [7, 11) is 4.59. The molecule has 2 heterocycles. The molecule has 0 fully saturated rings. The molecule has 2 N–H and O–H groups in total. The van der Waals surface area contributed by atoms with E-state index in [2.05, 4.69) is 29.0 Å². The molecule has 186 valence electrons. The summed E-state index contributed by atoms with van der Waals surface area (Å²) in [5.74, 6) is 1.72. The van der Waals surface area contributed by atoms with Crippen LogP contribution in [0.3, 0.4) is 0 Å². The van der Waals surface area contributed by atoms with Crippen molar-refractivity contribution in [3.8, 4) is 11.5 Å². The Kier molecular flexibility index (Phi) is 8.35. The lowest BCUT2D eigenvalue weighted by molar-refractivity contribution is 0.0938. The van der Waals surface area contributed by atoms with Crippen LogP contribution in [0.1, 0.15) is 13.8 Å². The average Bonchev–Trinajstić information content (AvgIpc) is 3.21. The van der Waals surface area contributed by atoms with E-state index in [4.69, 9.17) is 9.47 Å². The Bertz CT molecular complexity index is 1210. The first kappa shape index (κ1) is 25.3. The van der Waals surface area contributed by atoms with E-state index in [1.807, 2.05) is 0 Å². The number of aliphatic hydroxyl groups is 1. The highest BCUT2D eigenvalue weighted by molar-refractivity contribution is 5.74. The Morgan fingerprint density at radius 1 is 1.09 bits per heavy atom. The second-order valence-corrected chi connectivity index (χ2v) is 8.02. The number of nitrogens with zero attached hydrogens (tertiary/aromatic N) is 5. The molecule has 0 aliphatic carbocycles. The van der Waals surface area contributed by atoms with Gasteiger partial charge in [-0.2, -0.15) is 4.98 Å². The van der Waals surface area contributed by atoms with Gasteiger partial charge in [-0.15, -0.1) is 0 Å². The van der Waals surface area contributed by atoms with Gasteiger partial charge in [-0.25, -0.2) is 4.79 Å². The second kappa shape index (κ2) is 11.2. The lowest BCUT2D eigenvalue weighted by Gasteiger charge is -2.19. The minimum absolute atomic E-state index is 0.0109. The van der Waals surface area contributed by atoms with Gasteiger partial charge in [0.2, 0.25) is 5.95 Å². The first-order valence-corrected chi connectivity index (χ1v) is 11.4. The lowest BCUT2D eigenvalue weighted by Crippen LogP contribution is -2.38. The number of fused-ring (bicyclic) bond motifs is 1. The fourth-order valence-electron chi connectivity index (χ4n) is 3.75. The number of imidazole rings is 1. The van der Waals surface area contributed by atoms with E-state index >= 15 is 0 Å². The topological polar surface area (TPSA) is 116 Å². The maximum Gasteiger partial charge on any atom is 0.332 e. The molecule has 0 aliphatic rings. The van der Waals surface area contributed by atoms with Gasteiger partial charge in [0, 0.05) is 27.2 Å². The third kappa shape index (κ3) is 5.42. The molecule has 1 atom stereocenters.